The van der Waals surface area contributed by atoms with E-state index < -0.39 is 0 Å². The van der Waals surface area contributed by atoms with Crippen molar-refractivity contribution in [3.8, 4) is 5.75 Å². The van der Waals surface area contributed by atoms with Gasteiger partial charge in [0.2, 0.25) is 0 Å². The molecule has 0 saturated carbocycles. The fourth-order valence-corrected chi connectivity index (χ4v) is 2.09. The van der Waals surface area contributed by atoms with Crippen molar-refractivity contribution in [1.29, 1.82) is 0 Å². The van der Waals surface area contributed by atoms with Gasteiger partial charge in [-0.05, 0) is 12.1 Å². The number of methoxy groups -OCH3 is 2. The lowest BCUT2D eigenvalue weighted by molar-refractivity contribution is 0.0950. The molecule has 0 spiro atoms. The number of rotatable bonds is 3. The first-order valence-corrected chi connectivity index (χ1v) is 5.14. The van der Waals surface area contributed by atoms with E-state index in [-0.39, 0.29) is 12.4 Å². The first kappa shape index (κ1) is 11.0. The molecule has 2 rings (SSSR count). The molecule has 82 valence electrons. The summed E-state index contributed by atoms with van der Waals surface area (Å²) in [5, 5.41) is 1.03. The molecule has 5 heteroatoms. The summed E-state index contributed by atoms with van der Waals surface area (Å²) in [6.45, 7) is 0. The van der Waals surface area contributed by atoms with E-state index in [1.807, 2.05) is 0 Å². The monoisotopic (exact) mass is 248 g/mol. The van der Waals surface area contributed by atoms with Crippen LogP contribution < -0.4 is 4.74 Å². The molecule has 0 radical (unpaired) electrons. The second-order valence-electron chi connectivity index (χ2n) is 3.17. The molecule has 0 bridgehead atoms. The summed E-state index contributed by atoms with van der Waals surface area (Å²) >= 11 is 11.9. The predicted molar refractivity (Wildman–Crippen MR) is 57.6 cm³/mol. The second-order valence-corrected chi connectivity index (χ2v) is 4.01. The lowest BCUT2D eigenvalue weighted by Gasteiger charge is -2.08. The minimum atomic E-state index is -0.228. The van der Waals surface area contributed by atoms with Crippen molar-refractivity contribution in [2.45, 2.75) is 12.4 Å². The van der Waals surface area contributed by atoms with Gasteiger partial charge < -0.3 is 14.2 Å². The Bertz CT molecular complexity index is 381. The van der Waals surface area contributed by atoms with Gasteiger partial charge in [0.1, 0.15) is 11.9 Å². The third kappa shape index (κ3) is 2.06. The number of epoxide rings is 1. The Morgan fingerprint density at radius 1 is 1.27 bits per heavy atom. The molecule has 3 nitrogen and oxygen atoms in total. The molecule has 1 aliphatic heterocycles. The Balaban J connectivity index is 2.37. The van der Waals surface area contributed by atoms with Crippen LogP contribution in [-0.4, -0.2) is 20.5 Å². The summed E-state index contributed by atoms with van der Waals surface area (Å²) in [7, 11) is 3.14. The third-order valence-corrected chi connectivity index (χ3v) is 2.73. The Morgan fingerprint density at radius 2 is 2.00 bits per heavy atom. The molecule has 1 saturated heterocycles. The van der Waals surface area contributed by atoms with Gasteiger partial charge in [-0.2, -0.15) is 0 Å². The van der Waals surface area contributed by atoms with Gasteiger partial charge in [0, 0.05) is 17.7 Å². The molecule has 0 aliphatic carbocycles. The molecule has 0 aromatic heterocycles. The Hall–Kier alpha value is -0.480. The van der Waals surface area contributed by atoms with E-state index >= 15 is 0 Å². The van der Waals surface area contributed by atoms with Crippen LogP contribution in [0.1, 0.15) is 11.7 Å². The van der Waals surface area contributed by atoms with E-state index in [1.54, 1.807) is 26.4 Å². The van der Waals surface area contributed by atoms with Crippen LogP contribution in [0.15, 0.2) is 12.1 Å². The SMILES string of the molecule is COc1c(Cl)cc(Cl)cc1C1OC1OC. The van der Waals surface area contributed by atoms with Gasteiger partial charge in [0.25, 0.3) is 0 Å². The van der Waals surface area contributed by atoms with Gasteiger partial charge in [-0.25, -0.2) is 0 Å². The Kier molecular flexibility index (Phi) is 3.07. The van der Waals surface area contributed by atoms with Crippen LogP contribution in [0.4, 0.5) is 0 Å². The smallest absolute Gasteiger partial charge is 0.188 e. The average Bonchev–Trinajstić information content (AvgIpc) is 2.95. The quantitative estimate of drug-likeness (QED) is 0.771. The van der Waals surface area contributed by atoms with Crippen LogP contribution in [0.2, 0.25) is 10.0 Å². The first-order chi connectivity index (χ1) is 7.17. The molecular formula is C10H10Cl2O3. The zero-order valence-corrected chi connectivity index (χ0v) is 9.80. The van der Waals surface area contributed by atoms with E-state index in [0.717, 1.165) is 5.56 Å². The van der Waals surface area contributed by atoms with Crippen molar-refractivity contribution >= 4 is 23.2 Å². The fraction of sp³-hybridized carbons (Fsp3) is 0.400. The highest BCUT2D eigenvalue weighted by Crippen LogP contribution is 2.46. The average molecular weight is 249 g/mol. The molecular weight excluding hydrogens is 239 g/mol. The summed E-state index contributed by atoms with van der Waals surface area (Å²) in [5.74, 6) is 0.589. The van der Waals surface area contributed by atoms with E-state index in [9.17, 15) is 0 Å². The number of benzene rings is 1. The number of hydrogen-bond donors (Lipinski definition) is 0. The summed E-state index contributed by atoms with van der Waals surface area (Å²) in [5.41, 5.74) is 0.821. The van der Waals surface area contributed by atoms with Gasteiger partial charge >= 0.3 is 0 Å². The van der Waals surface area contributed by atoms with Gasteiger partial charge in [-0.1, -0.05) is 23.2 Å². The summed E-state index contributed by atoms with van der Waals surface area (Å²) in [4.78, 5) is 0. The molecule has 1 fully saturated rings. The fourth-order valence-electron chi connectivity index (χ4n) is 1.51. The van der Waals surface area contributed by atoms with E-state index in [2.05, 4.69) is 0 Å². The zero-order valence-electron chi connectivity index (χ0n) is 8.29. The van der Waals surface area contributed by atoms with Crippen LogP contribution in [0.3, 0.4) is 0 Å². The van der Waals surface area contributed by atoms with Crippen molar-refractivity contribution in [1.82, 2.24) is 0 Å². The predicted octanol–water partition coefficient (Wildman–Crippen LogP) is 3.05. The van der Waals surface area contributed by atoms with E-state index in [0.29, 0.717) is 15.8 Å². The summed E-state index contributed by atoms with van der Waals surface area (Å²) in [6.07, 6.45) is -0.366. The highest BCUT2D eigenvalue weighted by molar-refractivity contribution is 6.35. The molecule has 1 aliphatic rings. The maximum Gasteiger partial charge on any atom is 0.188 e. The third-order valence-electron chi connectivity index (χ3n) is 2.23. The van der Waals surface area contributed by atoms with Gasteiger partial charge in [-0.15, -0.1) is 0 Å². The van der Waals surface area contributed by atoms with E-state index in [1.165, 1.54) is 0 Å². The largest absolute Gasteiger partial charge is 0.495 e. The zero-order chi connectivity index (χ0) is 11.0. The molecule has 0 amide bonds. The number of hydrogen-bond acceptors (Lipinski definition) is 3. The molecule has 2 unspecified atom stereocenters. The Morgan fingerprint density at radius 3 is 2.53 bits per heavy atom. The van der Waals surface area contributed by atoms with Crippen molar-refractivity contribution in [2.75, 3.05) is 14.2 Å². The minimum Gasteiger partial charge on any atom is -0.495 e. The highest BCUT2D eigenvalue weighted by atomic mass is 35.5. The maximum absolute atomic E-state index is 5.99. The highest BCUT2D eigenvalue weighted by Gasteiger charge is 2.43. The number of ether oxygens (including phenoxy) is 3. The van der Waals surface area contributed by atoms with Crippen molar-refractivity contribution in [3.63, 3.8) is 0 Å². The minimum absolute atomic E-state index is 0.138. The van der Waals surface area contributed by atoms with Crippen LogP contribution in [0.25, 0.3) is 0 Å². The van der Waals surface area contributed by atoms with E-state index in [4.69, 9.17) is 37.4 Å². The summed E-state index contributed by atoms with van der Waals surface area (Å²) < 4.78 is 15.5. The topological polar surface area (TPSA) is 31.0 Å². The first-order valence-electron chi connectivity index (χ1n) is 4.38. The van der Waals surface area contributed by atoms with Gasteiger partial charge in [0.05, 0.1) is 12.1 Å². The van der Waals surface area contributed by atoms with Crippen molar-refractivity contribution in [3.05, 3.63) is 27.7 Å². The van der Waals surface area contributed by atoms with Crippen molar-refractivity contribution < 1.29 is 14.2 Å². The van der Waals surface area contributed by atoms with Crippen LogP contribution in [0.5, 0.6) is 5.75 Å². The molecule has 1 heterocycles. The van der Waals surface area contributed by atoms with Crippen molar-refractivity contribution in [2.24, 2.45) is 0 Å². The lowest BCUT2D eigenvalue weighted by atomic mass is 10.1. The molecule has 15 heavy (non-hydrogen) atoms. The molecule has 1 aromatic carbocycles. The molecule has 0 N–H and O–H groups in total. The van der Waals surface area contributed by atoms with Crippen LogP contribution in [0, 0.1) is 0 Å². The van der Waals surface area contributed by atoms with Crippen LogP contribution >= 0.6 is 23.2 Å². The van der Waals surface area contributed by atoms with Gasteiger partial charge in [-0.3, -0.25) is 0 Å². The second kappa shape index (κ2) is 4.18. The standard InChI is InChI=1S/C10H10Cl2O3/c1-13-8-6(9-10(14-2)15-9)3-5(11)4-7(8)12/h3-4,9-10H,1-2H3. The molecule has 2 atom stereocenters. The summed E-state index contributed by atoms with van der Waals surface area (Å²) in [6, 6.07) is 3.41. The molecule has 1 aromatic rings. The number of halogens is 2. The normalized spacial score (nSPS) is 24.0. The lowest BCUT2D eigenvalue weighted by Crippen LogP contribution is -1.95. The Labute approximate surface area is 97.8 Å². The van der Waals surface area contributed by atoms with Gasteiger partial charge in [0.15, 0.2) is 6.29 Å². The van der Waals surface area contributed by atoms with Crippen LogP contribution in [-0.2, 0) is 9.47 Å². The maximum atomic E-state index is 5.99.